The van der Waals surface area contributed by atoms with Crippen molar-refractivity contribution in [2.24, 2.45) is 4.99 Å². The molecule has 2 heterocycles. The van der Waals surface area contributed by atoms with Crippen molar-refractivity contribution >= 4 is 11.6 Å². The summed E-state index contributed by atoms with van der Waals surface area (Å²) in [4.78, 5) is 8.75. The molecule has 2 aromatic carbocycles. The maximum absolute atomic E-state index is 14.7. The third-order valence-electron chi connectivity index (χ3n) is 4.87. The number of nitrogens with zero attached hydrogens (tertiary/aromatic N) is 3. The summed E-state index contributed by atoms with van der Waals surface area (Å²) in [5.74, 6) is 2.49. The number of hydrogen-bond acceptors (Lipinski definition) is 4. The van der Waals surface area contributed by atoms with E-state index in [0.717, 1.165) is 29.2 Å². The molecule has 3 aromatic rings. The summed E-state index contributed by atoms with van der Waals surface area (Å²) < 4.78 is 27.8. The molecular formula is C23H26FN5O2. The van der Waals surface area contributed by atoms with Gasteiger partial charge in [-0.2, -0.15) is 0 Å². The van der Waals surface area contributed by atoms with E-state index in [1.165, 1.54) is 6.07 Å². The minimum Gasteiger partial charge on any atom is -0.490 e. The minimum atomic E-state index is -0.310. The van der Waals surface area contributed by atoms with Crippen molar-refractivity contribution in [3.63, 3.8) is 0 Å². The van der Waals surface area contributed by atoms with Crippen molar-refractivity contribution in [1.82, 2.24) is 14.9 Å². The quantitative estimate of drug-likeness (QED) is 0.478. The maximum atomic E-state index is 14.7. The van der Waals surface area contributed by atoms with Gasteiger partial charge in [-0.15, -0.1) is 0 Å². The normalized spacial score (nSPS) is 13.6. The monoisotopic (exact) mass is 423 g/mol. The van der Waals surface area contributed by atoms with Crippen LogP contribution in [0.15, 0.2) is 53.8 Å². The van der Waals surface area contributed by atoms with E-state index in [9.17, 15) is 4.39 Å². The van der Waals surface area contributed by atoms with Crippen LogP contribution in [0.3, 0.4) is 0 Å². The Bertz CT molecular complexity index is 1080. The SMILES string of the molecule is CCNC(=NCc1ccc(-n2ccnc2C)c(F)c1)Nc1ccc2c(c1)OCCCO2. The number of hydrogen-bond donors (Lipinski definition) is 2. The molecule has 0 amide bonds. The molecule has 0 spiro atoms. The molecule has 4 rings (SSSR count). The van der Waals surface area contributed by atoms with Gasteiger partial charge < -0.3 is 24.7 Å². The molecule has 0 saturated heterocycles. The minimum absolute atomic E-state index is 0.310. The highest BCUT2D eigenvalue weighted by Crippen LogP contribution is 2.32. The van der Waals surface area contributed by atoms with Crippen LogP contribution in [0, 0.1) is 12.7 Å². The number of anilines is 1. The van der Waals surface area contributed by atoms with Gasteiger partial charge in [0.2, 0.25) is 0 Å². The fraction of sp³-hybridized carbons (Fsp3) is 0.304. The molecule has 7 nitrogen and oxygen atoms in total. The van der Waals surface area contributed by atoms with Crippen molar-refractivity contribution in [2.45, 2.75) is 26.8 Å². The molecule has 162 valence electrons. The average molecular weight is 423 g/mol. The number of aryl methyl sites for hydroxylation is 1. The average Bonchev–Trinajstić information content (AvgIpc) is 3.04. The number of rotatable bonds is 5. The Morgan fingerprint density at radius 3 is 2.74 bits per heavy atom. The van der Waals surface area contributed by atoms with Crippen LogP contribution in [0.4, 0.5) is 10.1 Å². The van der Waals surface area contributed by atoms with Gasteiger partial charge in [-0.25, -0.2) is 14.4 Å². The van der Waals surface area contributed by atoms with Gasteiger partial charge in [0.15, 0.2) is 17.5 Å². The number of aliphatic imine (C=N–C) groups is 1. The summed E-state index contributed by atoms with van der Waals surface area (Å²) in [5, 5.41) is 6.48. The molecule has 1 aliphatic heterocycles. The molecule has 2 N–H and O–H groups in total. The zero-order valence-electron chi connectivity index (χ0n) is 17.7. The van der Waals surface area contributed by atoms with Gasteiger partial charge in [0.05, 0.1) is 25.4 Å². The van der Waals surface area contributed by atoms with Crippen molar-refractivity contribution < 1.29 is 13.9 Å². The van der Waals surface area contributed by atoms with Crippen molar-refractivity contribution in [1.29, 1.82) is 0 Å². The predicted octanol–water partition coefficient (Wildman–Crippen LogP) is 4.06. The number of imidazole rings is 1. The van der Waals surface area contributed by atoms with E-state index in [1.54, 1.807) is 23.0 Å². The van der Waals surface area contributed by atoms with Crippen LogP contribution in [0.5, 0.6) is 11.5 Å². The van der Waals surface area contributed by atoms with Gasteiger partial charge in [0, 0.05) is 37.1 Å². The molecule has 0 atom stereocenters. The van der Waals surface area contributed by atoms with E-state index in [-0.39, 0.29) is 5.82 Å². The molecule has 0 saturated carbocycles. The lowest BCUT2D eigenvalue weighted by Crippen LogP contribution is -2.30. The van der Waals surface area contributed by atoms with E-state index in [4.69, 9.17) is 9.47 Å². The second-order valence-corrected chi connectivity index (χ2v) is 7.16. The predicted molar refractivity (Wildman–Crippen MR) is 119 cm³/mol. The van der Waals surface area contributed by atoms with Crippen molar-refractivity contribution in [2.75, 3.05) is 25.1 Å². The van der Waals surface area contributed by atoms with Crippen LogP contribution in [0.25, 0.3) is 5.69 Å². The van der Waals surface area contributed by atoms with Crippen LogP contribution >= 0.6 is 0 Å². The lowest BCUT2D eigenvalue weighted by Gasteiger charge is -2.14. The van der Waals surface area contributed by atoms with Crippen LogP contribution in [0.1, 0.15) is 24.7 Å². The Morgan fingerprint density at radius 2 is 2.00 bits per heavy atom. The van der Waals surface area contributed by atoms with E-state index in [0.29, 0.717) is 43.7 Å². The van der Waals surface area contributed by atoms with Gasteiger partial charge >= 0.3 is 0 Å². The molecule has 0 unspecified atom stereocenters. The van der Waals surface area contributed by atoms with Crippen LogP contribution in [-0.4, -0.2) is 35.3 Å². The molecule has 0 radical (unpaired) electrons. The number of guanidine groups is 1. The van der Waals surface area contributed by atoms with Crippen molar-refractivity contribution in [3.8, 4) is 17.2 Å². The number of aromatic nitrogens is 2. The number of ether oxygens (including phenoxy) is 2. The highest BCUT2D eigenvalue weighted by Gasteiger charge is 2.12. The molecule has 1 aromatic heterocycles. The molecule has 0 aliphatic carbocycles. The van der Waals surface area contributed by atoms with Gasteiger partial charge in [-0.05, 0) is 43.7 Å². The largest absolute Gasteiger partial charge is 0.490 e. The second-order valence-electron chi connectivity index (χ2n) is 7.16. The third-order valence-corrected chi connectivity index (χ3v) is 4.87. The molecule has 31 heavy (non-hydrogen) atoms. The lowest BCUT2D eigenvalue weighted by atomic mass is 10.2. The van der Waals surface area contributed by atoms with Gasteiger partial charge in [0.25, 0.3) is 0 Å². The lowest BCUT2D eigenvalue weighted by molar-refractivity contribution is 0.297. The van der Waals surface area contributed by atoms with Gasteiger partial charge in [-0.1, -0.05) is 6.07 Å². The Kier molecular flexibility index (Phi) is 6.35. The zero-order valence-corrected chi connectivity index (χ0v) is 17.7. The first-order chi connectivity index (χ1) is 15.1. The summed E-state index contributed by atoms with van der Waals surface area (Å²) in [6, 6.07) is 10.8. The van der Waals surface area contributed by atoms with E-state index in [2.05, 4.69) is 20.6 Å². The molecule has 0 bridgehead atoms. The van der Waals surface area contributed by atoms with E-state index in [1.807, 2.05) is 38.1 Å². The second kappa shape index (κ2) is 9.51. The number of fused-ring (bicyclic) bond motifs is 1. The smallest absolute Gasteiger partial charge is 0.196 e. The zero-order chi connectivity index (χ0) is 21.6. The van der Waals surface area contributed by atoms with Crippen LogP contribution < -0.4 is 20.1 Å². The molecule has 1 aliphatic rings. The topological polar surface area (TPSA) is 72.7 Å². The summed E-state index contributed by atoms with van der Waals surface area (Å²) in [7, 11) is 0. The standard InChI is InChI=1S/C23H26FN5O2/c1-3-25-23(28-18-6-8-21-22(14-18)31-12-4-11-30-21)27-15-17-5-7-20(19(24)13-17)29-10-9-26-16(29)2/h5-10,13-14H,3-4,11-12,15H2,1-2H3,(H2,25,27,28). The van der Waals surface area contributed by atoms with Gasteiger partial charge in [-0.3, -0.25) is 0 Å². The first-order valence-corrected chi connectivity index (χ1v) is 10.4. The maximum Gasteiger partial charge on any atom is 0.196 e. The highest BCUT2D eigenvalue weighted by molar-refractivity contribution is 5.93. The Balaban J connectivity index is 1.49. The molecule has 8 heteroatoms. The number of benzene rings is 2. The first kappa shape index (κ1) is 20.7. The summed E-state index contributed by atoms with van der Waals surface area (Å²) in [6.45, 7) is 6.15. The Labute approximate surface area is 180 Å². The first-order valence-electron chi connectivity index (χ1n) is 10.4. The molecular weight excluding hydrogens is 397 g/mol. The summed E-state index contributed by atoms with van der Waals surface area (Å²) in [6.07, 6.45) is 4.26. The summed E-state index contributed by atoms with van der Waals surface area (Å²) >= 11 is 0. The van der Waals surface area contributed by atoms with Crippen molar-refractivity contribution in [3.05, 3.63) is 66.0 Å². The Hall–Kier alpha value is -3.55. The van der Waals surface area contributed by atoms with E-state index >= 15 is 0 Å². The number of halogens is 1. The fourth-order valence-corrected chi connectivity index (χ4v) is 3.33. The fourth-order valence-electron chi connectivity index (χ4n) is 3.33. The van der Waals surface area contributed by atoms with Gasteiger partial charge in [0.1, 0.15) is 11.6 Å². The Morgan fingerprint density at radius 1 is 1.16 bits per heavy atom. The number of nitrogens with one attached hydrogen (secondary N) is 2. The van der Waals surface area contributed by atoms with Crippen LogP contribution in [-0.2, 0) is 6.54 Å². The third kappa shape index (κ3) is 4.96. The van der Waals surface area contributed by atoms with Crippen LogP contribution in [0.2, 0.25) is 0 Å². The summed E-state index contributed by atoms with van der Waals surface area (Å²) in [5.41, 5.74) is 2.08. The van der Waals surface area contributed by atoms with E-state index < -0.39 is 0 Å². The highest BCUT2D eigenvalue weighted by atomic mass is 19.1. The molecule has 0 fully saturated rings.